The third-order valence-corrected chi connectivity index (χ3v) is 5.29. The maximum Gasteiger partial charge on any atom is 0.255 e. The Morgan fingerprint density at radius 1 is 0.600 bits per heavy atom. The van der Waals surface area contributed by atoms with E-state index >= 15 is 0 Å². The van der Waals surface area contributed by atoms with Crippen LogP contribution in [0.5, 0.6) is 0 Å². The molecule has 2 N–H and O–H groups in total. The highest BCUT2D eigenvalue weighted by Gasteiger charge is 2.12. The minimum Gasteiger partial charge on any atom is -0.372 e. The molecule has 0 bridgehead atoms. The number of nitrogens with zero attached hydrogens (tertiary/aromatic N) is 1. The number of anilines is 3. The van der Waals surface area contributed by atoms with E-state index in [-0.39, 0.29) is 11.8 Å². The maximum absolute atomic E-state index is 12.6. The monoisotopic (exact) mass is 399 g/mol. The molecule has 3 aromatic carbocycles. The van der Waals surface area contributed by atoms with Crippen LogP contribution in [-0.2, 0) is 0 Å². The number of nitrogens with one attached hydrogen (secondary N) is 2. The summed E-state index contributed by atoms with van der Waals surface area (Å²) in [5.41, 5.74) is 3.69. The quantitative estimate of drug-likeness (QED) is 0.621. The Bertz CT molecular complexity index is 993. The molecule has 1 saturated heterocycles. The summed E-state index contributed by atoms with van der Waals surface area (Å²) in [7, 11) is 0. The van der Waals surface area contributed by atoms with Crippen molar-refractivity contribution in [1.29, 1.82) is 0 Å². The van der Waals surface area contributed by atoms with Gasteiger partial charge in [-0.1, -0.05) is 18.2 Å². The van der Waals surface area contributed by atoms with Gasteiger partial charge in [-0.25, -0.2) is 0 Å². The van der Waals surface area contributed by atoms with Gasteiger partial charge in [-0.05, 0) is 79.9 Å². The summed E-state index contributed by atoms with van der Waals surface area (Å²) in [5, 5.41) is 5.75. The normalized spacial score (nSPS) is 13.5. The van der Waals surface area contributed by atoms with Gasteiger partial charge in [-0.15, -0.1) is 0 Å². The Morgan fingerprint density at radius 3 is 1.63 bits per heavy atom. The fourth-order valence-electron chi connectivity index (χ4n) is 3.61. The van der Waals surface area contributed by atoms with Crippen molar-refractivity contribution in [2.45, 2.75) is 19.3 Å². The van der Waals surface area contributed by atoms with Gasteiger partial charge in [0.25, 0.3) is 11.8 Å². The third-order valence-electron chi connectivity index (χ3n) is 5.29. The lowest BCUT2D eigenvalue weighted by atomic mass is 10.1. The summed E-state index contributed by atoms with van der Waals surface area (Å²) in [6.07, 6.45) is 3.77. The second kappa shape index (κ2) is 9.27. The molecule has 30 heavy (non-hydrogen) atoms. The van der Waals surface area contributed by atoms with Crippen LogP contribution in [0.1, 0.15) is 40.0 Å². The zero-order valence-electron chi connectivity index (χ0n) is 16.8. The van der Waals surface area contributed by atoms with Crippen LogP contribution in [0.2, 0.25) is 0 Å². The SMILES string of the molecule is O=C(Nc1ccccc1)c1ccc(C(=O)Nc2ccc(N3CCCCC3)cc2)cc1. The highest BCUT2D eigenvalue weighted by molar-refractivity contribution is 6.07. The maximum atomic E-state index is 12.6. The first-order valence-corrected chi connectivity index (χ1v) is 10.3. The molecule has 3 aromatic rings. The molecule has 1 aliphatic rings. The zero-order valence-corrected chi connectivity index (χ0v) is 16.8. The highest BCUT2D eigenvalue weighted by atomic mass is 16.2. The van der Waals surface area contributed by atoms with Crippen molar-refractivity contribution < 1.29 is 9.59 Å². The van der Waals surface area contributed by atoms with Crippen LogP contribution < -0.4 is 15.5 Å². The topological polar surface area (TPSA) is 61.4 Å². The fraction of sp³-hybridized carbons (Fsp3) is 0.200. The molecule has 0 unspecified atom stereocenters. The molecule has 0 saturated carbocycles. The number of carbonyl (C=O) groups is 2. The van der Waals surface area contributed by atoms with E-state index in [0.717, 1.165) is 24.5 Å². The summed E-state index contributed by atoms with van der Waals surface area (Å²) in [5.74, 6) is -0.405. The predicted octanol–water partition coefficient (Wildman–Crippen LogP) is 5.18. The average Bonchev–Trinajstić information content (AvgIpc) is 2.81. The first-order chi connectivity index (χ1) is 14.7. The number of hydrogen-bond donors (Lipinski definition) is 2. The molecule has 1 aliphatic heterocycles. The van der Waals surface area contributed by atoms with Gasteiger partial charge >= 0.3 is 0 Å². The lowest BCUT2D eigenvalue weighted by molar-refractivity contribution is 0.101. The standard InChI is InChI=1S/C25H25N3O2/c29-24(26-21-7-3-1-4-8-21)19-9-11-20(12-10-19)25(30)27-22-13-15-23(16-14-22)28-17-5-2-6-18-28/h1,3-4,7-16H,2,5-6,17-18H2,(H,26,29)(H,27,30). The Balaban J connectivity index is 1.36. The molecule has 0 aliphatic carbocycles. The van der Waals surface area contributed by atoms with E-state index in [1.165, 1.54) is 24.9 Å². The molecule has 0 radical (unpaired) electrons. The van der Waals surface area contributed by atoms with E-state index < -0.39 is 0 Å². The summed E-state index contributed by atoms with van der Waals surface area (Å²) >= 11 is 0. The Labute approximate surface area is 176 Å². The van der Waals surface area contributed by atoms with Crippen molar-refractivity contribution in [3.63, 3.8) is 0 Å². The van der Waals surface area contributed by atoms with E-state index in [1.54, 1.807) is 24.3 Å². The molecule has 0 aromatic heterocycles. The minimum atomic E-state index is -0.207. The van der Waals surface area contributed by atoms with Gasteiger partial charge in [0.2, 0.25) is 0 Å². The largest absolute Gasteiger partial charge is 0.372 e. The smallest absolute Gasteiger partial charge is 0.255 e. The molecule has 0 spiro atoms. The lowest BCUT2D eigenvalue weighted by Gasteiger charge is -2.28. The van der Waals surface area contributed by atoms with Crippen LogP contribution in [0.3, 0.4) is 0 Å². The van der Waals surface area contributed by atoms with Gasteiger partial charge in [0, 0.05) is 41.3 Å². The summed E-state index contributed by atoms with van der Waals surface area (Å²) in [6, 6.07) is 23.9. The van der Waals surface area contributed by atoms with Gasteiger partial charge in [-0.2, -0.15) is 0 Å². The number of benzene rings is 3. The number of rotatable bonds is 5. The number of hydrogen-bond acceptors (Lipinski definition) is 3. The zero-order chi connectivity index (χ0) is 20.8. The Hall–Kier alpha value is -3.60. The van der Waals surface area contributed by atoms with E-state index in [9.17, 15) is 9.59 Å². The number of amides is 2. The highest BCUT2D eigenvalue weighted by Crippen LogP contribution is 2.22. The van der Waals surface area contributed by atoms with Crippen LogP contribution >= 0.6 is 0 Å². The van der Waals surface area contributed by atoms with Gasteiger partial charge in [0.1, 0.15) is 0 Å². The predicted molar refractivity (Wildman–Crippen MR) is 121 cm³/mol. The first kappa shape index (κ1) is 19.7. The molecule has 5 heteroatoms. The van der Waals surface area contributed by atoms with Crippen molar-refractivity contribution in [3.05, 3.63) is 90.0 Å². The molecule has 2 amide bonds. The summed E-state index contributed by atoms with van der Waals surface area (Å²) in [4.78, 5) is 27.3. The lowest BCUT2D eigenvalue weighted by Crippen LogP contribution is -2.29. The summed E-state index contributed by atoms with van der Waals surface area (Å²) in [6.45, 7) is 2.19. The van der Waals surface area contributed by atoms with Gasteiger partial charge in [0.15, 0.2) is 0 Å². The van der Waals surface area contributed by atoms with E-state index in [0.29, 0.717) is 11.1 Å². The van der Waals surface area contributed by atoms with Crippen molar-refractivity contribution in [2.75, 3.05) is 28.6 Å². The molecular formula is C25H25N3O2. The first-order valence-electron chi connectivity index (χ1n) is 10.3. The van der Waals surface area contributed by atoms with Crippen LogP contribution in [0.15, 0.2) is 78.9 Å². The minimum absolute atomic E-state index is 0.198. The fourth-order valence-corrected chi connectivity index (χ4v) is 3.61. The summed E-state index contributed by atoms with van der Waals surface area (Å²) < 4.78 is 0. The molecule has 4 rings (SSSR count). The van der Waals surface area contributed by atoms with Gasteiger partial charge < -0.3 is 15.5 Å². The molecule has 1 fully saturated rings. The third kappa shape index (κ3) is 4.87. The second-order valence-corrected chi connectivity index (χ2v) is 7.45. The van der Waals surface area contributed by atoms with Crippen molar-refractivity contribution >= 4 is 28.9 Å². The average molecular weight is 399 g/mol. The van der Waals surface area contributed by atoms with Gasteiger partial charge in [0.05, 0.1) is 0 Å². The van der Waals surface area contributed by atoms with Crippen LogP contribution in [0, 0.1) is 0 Å². The molecular weight excluding hydrogens is 374 g/mol. The molecule has 152 valence electrons. The van der Waals surface area contributed by atoms with Crippen LogP contribution in [0.4, 0.5) is 17.1 Å². The van der Waals surface area contributed by atoms with Crippen molar-refractivity contribution in [1.82, 2.24) is 0 Å². The van der Waals surface area contributed by atoms with E-state index in [1.807, 2.05) is 42.5 Å². The Morgan fingerprint density at radius 2 is 1.10 bits per heavy atom. The molecule has 5 nitrogen and oxygen atoms in total. The number of carbonyl (C=O) groups excluding carboxylic acids is 2. The molecule has 0 atom stereocenters. The van der Waals surface area contributed by atoms with E-state index in [2.05, 4.69) is 27.7 Å². The number of para-hydroxylation sites is 1. The second-order valence-electron chi connectivity index (χ2n) is 7.45. The number of piperidine rings is 1. The van der Waals surface area contributed by atoms with Crippen LogP contribution in [-0.4, -0.2) is 24.9 Å². The van der Waals surface area contributed by atoms with E-state index in [4.69, 9.17) is 0 Å². The molecule has 1 heterocycles. The van der Waals surface area contributed by atoms with Gasteiger partial charge in [-0.3, -0.25) is 9.59 Å². The van der Waals surface area contributed by atoms with Crippen LogP contribution in [0.25, 0.3) is 0 Å². The Kier molecular flexibility index (Phi) is 6.09. The van der Waals surface area contributed by atoms with Crippen molar-refractivity contribution in [2.24, 2.45) is 0 Å². The van der Waals surface area contributed by atoms with Crippen molar-refractivity contribution in [3.8, 4) is 0 Å².